The SMILES string of the molecule is Cc1ccc(NC(=O)COc2cccc(/C=N\NC(=O)C(=O)NC3CC3)c2)cc1C. The third-order valence-corrected chi connectivity index (χ3v) is 4.52. The Bertz CT molecular complexity index is 983. The zero-order valence-electron chi connectivity index (χ0n) is 16.9. The van der Waals surface area contributed by atoms with Crippen molar-refractivity contribution in [1.82, 2.24) is 10.7 Å². The summed E-state index contributed by atoms with van der Waals surface area (Å²) >= 11 is 0. The fourth-order valence-corrected chi connectivity index (χ4v) is 2.54. The molecule has 0 atom stereocenters. The van der Waals surface area contributed by atoms with Crippen LogP contribution in [0.1, 0.15) is 29.5 Å². The molecule has 2 aromatic rings. The minimum absolute atomic E-state index is 0.105. The Morgan fingerprint density at radius 1 is 1.07 bits per heavy atom. The number of hydrogen-bond acceptors (Lipinski definition) is 5. The number of aryl methyl sites for hydroxylation is 2. The van der Waals surface area contributed by atoms with E-state index in [1.165, 1.54) is 6.21 Å². The van der Waals surface area contributed by atoms with Crippen molar-refractivity contribution in [2.24, 2.45) is 5.10 Å². The summed E-state index contributed by atoms with van der Waals surface area (Å²) < 4.78 is 5.53. The summed E-state index contributed by atoms with van der Waals surface area (Å²) in [5, 5.41) is 9.15. The first-order valence-corrected chi connectivity index (χ1v) is 9.64. The van der Waals surface area contributed by atoms with Crippen molar-refractivity contribution in [3.05, 3.63) is 59.2 Å². The number of nitrogens with one attached hydrogen (secondary N) is 3. The second-order valence-corrected chi connectivity index (χ2v) is 7.16. The monoisotopic (exact) mass is 408 g/mol. The highest BCUT2D eigenvalue weighted by Crippen LogP contribution is 2.18. The number of rotatable bonds is 7. The summed E-state index contributed by atoms with van der Waals surface area (Å²) in [5.74, 6) is -1.30. The maximum Gasteiger partial charge on any atom is 0.329 e. The van der Waals surface area contributed by atoms with Gasteiger partial charge in [0.2, 0.25) is 0 Å². The predicted molar refractivity (Wildman–Crippen MR) is 113 cm³/mol. The smallest absolute Gasteiger partial charge is 0.329 e. The van der Waals surface area contributed by atoms with Gasteiger partial charge in [0.1, 0.15) is 5.75 Å². The van der Waals surface area contributed by atoms with Crippen molar-refractivity contribution in [2.75, 3.05) is 11.9 Å². The number of carbonyl (C=O) groups is 3. The summed E-state index contributed by atoms with van der Waals surface area (Å²) in [5.41, 5.74) is 5.79. The minimum atomic E-state index is -0.812. The van der Waals surface area contributed by atoms with Crippen LogP contribution in [0.2, 0.25) is 0 Å². The van der Waals surface area contributed by atoms with Gasteiger partial charge in [-0.2, -0.15) is 5.10 Å². The molecule has 0 radical (unpaired) electrons. The Labute approximate surface area is 174 Å². The topological polar surface area (TPSA) is 109 Å². The molecule has 0 unspecified atom stereocenters. The van der Waals surface area contributed by atoms with Gasteiger partial charge in [0, 0.05) is 11.7 Å². The van der Waals surface area contributed by atoms with Crippen LogP contribution in [0.4, 0.5) is 5.69 Å². The van der Waals surface area contributed by atoms with Crippen LogP contribution in [-0.2, 0) is 14.4 Å². The largest absolute Gasteiger partial charge is 0.484 e. The fraction of sp³-hybridized carbons (Fsp3) is 0.273. The lowest BCUT2D eigenvalue weighted by Crippen LogP contribution is -2.38. The molecule has 2 aromatic carbocycles. The molecule has 1 aliphatic rings. The first-order valence-electron chi connectivity index (χ1n) is 9.64. The van der Waals surface area contributed by atoms with Gasteiger partial charge in [-0.15, -0.1) is 0 Å². The number of benzene rings is 2. The molecule has 3 amide bonds. The molecule has 0 heterocycles. The van der Waals surface area contributed by atoms with Crippen molar-refractivity contribution < 1.29 is 19.1 Å². The van der Waals surface area contributed by atoms with Gasteiger partial charge in [-0.25, -0.2) is 5.43 Å². The van der Waals surface area contributed by atoms with E-state index in [0.717, 1.165) is 24.0 Å². The molecular formula is C22H24N4O4. The Morgan fingerprint density at radius 2 is 1.87 bits per heavy atom. The van der Waals surface area contributed by atoms with Crippen molar-refractivity contribution in [3.63, 3.8) is 0 Å². The van der Waals surface area contributed by atoms with Gasteiger partial charge in [0.25, 0.3) is 5.91 Å². The Balaban J connectivity index is 1.47. The highest BCUT2D eigenvalue weighted by Gasteiger charge is 2.26. The van der Waals surface area contributed by atoms with Gasteiger partial charge in [0.05, 0.1) is 6.21 Å². The van der Waals surface area contributed by atoms with Gasteiger partial charge in [0.15, 0.2) is 6.61 Å². The van der Waals surface area contributed by atoms with E-state index >= 15 is 0 Å². The van der Waals surface area contributed by atoms with E-state index in [4.69, 9.17) is 4.74 Å². The zero-order valence-corrected chi connectivity index (χ0v) is 16.9. The molecule has 3 rings (SSSR count). The average Bonchev–Trinajstić information content (AvgIpc) is 3.53. The van der Waals surface area contributed by atoms with Gasteiger partial charge >= 0.3 is 11.8 Å². The van der Waals surface area contributed by atoms with Crippen LogP contribution in [-0.4, -0.2) is 36.6 Å². The average molecular weight is 408 g/mol. The summed E-state index contributed by atoms with van der Waals surface area (Å²) in [6.07, 6.45) is 3.19. The van der Waals surface area contributed by atoms with Crippen LogP contribution in [0.3, 0.4) is 0 Å². The van der Waals surface area contributed by atoms with Crippen molar-refractivity contribution in [1.29, 1.82) is 0 Å². The highest BCUT2D eigenvalue weighted by molar-refractivity contribution is 6.35. The Morgan fingerprint density at radius 3 is 2.60 bits per heavy atom. The van der Waals surface area contributed by atoms with Gasteiger partial charge in [-0.3, -0.25) is 14.4 Å². The predicted octanol–water partition coefficient (Wildman–Crippen LogP) is 2.05. The first kappa shape index (κ1) is 21.0. The number of carbonyl (C=O) groups excluding carboxylic acids is 3. The molecule has 0 aromatic heterocycles. The molecule has 3 N–H and O–H groups in total. The summed E-state index contributed by atoms with van der Waals surface area (Å²) in [7, 11) is 0. The first-order chi connectivity index (χ1) is 14.4. The normalized spacial score (nSPS) is 13.0. The Hall–Kier alpha value is -3.68. The van der Waals surface area contributed by atoms with Gasteiger partial charge in [-0.05, 0) is 67.6 Å². The van der Waals surface area contributed by atoms with Crippen LogP contribution in [0.15, 0.2) is 47.6 Å². The van der Waals surface area contributed by atoms with Crippen molar-refractivity contribution in [3.8, 4) is 5.75 Å². The molecule has 8 heteroatoms. The van der Waals surface area contributed by atoms with Crippen LogP contribution in [0.5, 0.6) is 5.75 Å². The molecule has 0 aliphatic heterocycles. The van der Waals surface area contributed by atoms with E-state index in [0.29, 0.717) is 17.0 Å². The molecule has 0 saturated heterocycles. The van der Waals surface area contributed by atoms with E-state index in [2.05, 4.69) is 21.2 Å². The van der Waals surface area contributed by atoms with Crippen molar-refractivity contribution in [2.45, 2.75) is 32.7 Å². The number of amides is 3. The van der Waals surface area contributed by atoms with Crippen LogP contribution < -0.4 is 20.8 Å². The lowest BCUT2D eigenvalue weighted by atomic mass is 10.1. The van der Waals surface area contributed by atoms with Gasteiger partial charge < -0.3 is 15.4 Å². The van der Waals surface area contributed by atoms with Gasteiger partial charge in [-0.1, -0.05) is 18.2 Å². The summed E-state index contributed by atoms with van der Waals surface area (Å²) in [4.78, 5) is 35.3. The summed E-state index contributed by atoms with van der Waals surface area (Å²) in [6.45, 7) is 3.84. The van der Waals surface area contributed by atoms with E-state index in [9.17, 15) is 14.4 Å². The lowest BCUT2D eigenvalue weighted by Gasteiger charge is -2.09. The van der Waals surface area contributed by atoms with Crippen LogP contribution in [0, 0.1) is 13.8 Å². The molecule has 0 bridgehead atoms. The zero-order chi connectivity index (χ0) is 21.5. The highest BCUT2D eigenvalue weighted by atomic mass is 16.5. The lowest BCUT2D eigenvalue weighted by molar-refractivity contribution is -0.139. The molecule has 1 fully saturated rings. The number of nitrogens with zero attached hydrogens (tertiary/aromatic N) is 1. The maximum atomic E-state index is 12.1. The number of anilines is 1. The molecule has 30 heavy (non-hydrogen) atoms. The standard InChI is InChI=1S/C22H24N4O4/c1-14-6-7-18(10-15(14)2)24-20(27)13-30-19-5-3-4-16(11-19)12-23-26-22(29)21(28)25-17-8-9-17/h3-7,10-12,17H,8-9,13H2,1-2H3,(H,24,27)(H,25,28)(H,26,29)/b23-12-. The third-order valence-electron chi connectivity index (χ3n) is 4.52. The number of hydrogen-bond donors (Lipinski definition) is 3. The number of ether oxygens (including phenoxy) is 1. The second-order valence-electron chi connectivity index (χ2n) is 7.16. The summed E-state index contributed by atoms with van der Waals surface area (Å²) in [6, 6.07) is 12.7. The van der Waals surface area contributed by atoms with Crippen LogP contribution in [0.25, 0.3) is 0 Å². The van der Waals surface area contributed by atoms with E-state index in [1.54, 1.807) is 24.3 Å². The molecular weight excluding hydrogens is 384 g/mol. The van der Waals surface area contributed by atoms with E-state index in [1.807, 2.05) is 32.0 Å². The molecule has 8 nitrogen and oxygen atoms in total. The second kappa shape index (κ2) is 9.69. The quantitative estimate of drug-likeness (QED) is 0.370. The fourth-order valence-electron chi connectivity index (χ4n) is 2.54. The minimum Gasteiger partial charge on any atom is -0.484 e. The molecule has 156 valence electrons. The van der Waals surface area contributed by atoms with Crippen molar-refractivity contribution >= 4 is 29.6 Å². The Kier molecular flexibility index (Phi) is 6.79. The maximum absolute atomic E-state index is 12.1. The van der Waals surface area contributed by atoms with E-state index < -0.39 is 11.8 Å². The number of hydrazone groups is 1. The molecule has 1 aliphatic carbocycles. The van der Waals surface area contributed by atoms with Crippen LogP contribution >= 0.6 is 0 Å². The molecule has 0 spiro atoms. The third kappa shape index (κ3) is 6.44. The van der Waals surface area contributed by atoms with E-state index in [-0.39, 0.29) is 18.6 Å². The molecule has 1 saturated carbocycles.